The Morgan fingerprint density at radius 2 is 2.00 bits per heavy atom. The lowest BCUT2D eigenvalue weighted by Gasteiger charge is -2.22. The number of pyridine rings is 1. The van der Waals surface area contributed by atoms with Gasteiger partial charge in [-0.1, -0.05) is 0 Å². The number of nitrogens with zero attached hydrogens (tertiary/aromatic N) is 4. The minimum atomic E-state index is -0.448. The van der Waals surface area contributed by atoms with E-state index in [1.165, 1.54) is 0 Å². The van der Waals surface area contributed by atoms with E-state index in [2.05, 4.69) is 15.4 Å². The van der Waals surface area contributed by atoms with Gasteiger partial charge in [0.25, 0.3) is 0 Å². The quantitative estimate of drug-likeness (QED) is 0.713. The van der Waals surface area contributed by atoms with Gasteiger partial charge in [0.05, 0.1) is 17.8 Å². The van der Waals surface area contributed by atoms with Crippen molar-refractivity contribution in [2.75, 3.05) is 30.0 Å². The molecular weight excluding hydrogens is 386 g/mol. The molecule has 2 amide bonds. The third-order valence-corrected chi connectivity index (χ3v) is 5.09. The van der Waals surface area contributed by atoms with Crippen LogP contribution in [0.1, 0.15) is 6.42 Å². The summed E-state index contributed by atoms with van der Waals surface area (Å²) in [6.07, 6.45) is 5.18. The highest BCUT2D eigenvalue weighted by molar-refractivity contribution is 6.03. The fourth-order valence-electron chi connectivity index (χ4n) is 3.58. The number of fused-ring (bicyclic) bond motifs is 1. The van der Waals surface area contributed by atoms with E-state index >= 15 is 0 Å². The van der Waals surface area contributed by atoms with E-state index in [4.69, 9.17) is 9.47 Å². The van der Waals surface area contributed by atoms with Gasteiger partial charge >= 0.3 is 0 Å². The van der Waals surface area contributed by atoms with Crippen LogP contribution < -0.4 is 19.7 Å². The lowest BCUT2D eigenvalue weighted by molar-refractivity contribution is -0.122. The van der Waals surface area contributed by atoms with Crippen LogP contribution in [-0.2, 0) is 9.59 Å². The van der Waals surface area contributed by atoms with Crippen LogP contribution >= 0.6 is 0 Å². The smallest absolute Gasteiger partial charge is 0.229 e. The summed E-state index contributed by atoms with van der Waals surface area (Å²) in [5.74, 6) is 1.17. The molecule has 1 N–H and O–H groups in total. The van der Waals surface area contributed by atoms with Gasteiger partial charge in [-0.05, 0) is 30.3 Å². The first-order chi connectivity index (χ1) is 14.7. The first-order valence-corrected chi connectivity index (χ1v) is 9.64. The van der Waals surface area contributed by atoms with Crippen molar-refractivity contribution in [3.8, 4) is 17.3 Å². The van der Waals surface area contributed by atoms with Crippen LogP contribution in [0.2, 0.25) is 0 Å². The van der Waals surface area contributed by atoms with E-state index in [-0.39, 0.29) is 18.2 Å². The Hall–Kier alpha value is -3.88. The molecule has 1 unspecified atom stereocenters. The molecule has 152 valence electrons. The number of carbonyl (C=O) groups excluding carboxylic acids is 2. The first kappa shape index (κ1) is 18.2. The van der Waals surface area contributed by atoms with Gasteiger partial charge < -0.3 is 19.7 Å². The minimum Gasteiger partial charge on any atom is -0.486 e. The summed E-state index contributed by atoms with van der Waals surface area (Å²) >= 11 is 0. The summed E-state index contributed by atoms with van der Waals surface area (Å²) in [5, 5.41) is 6.96. The average molecular weight is 405 g/mol. The van der Waals surface area contributed by atoms with Crippen LogP contribution in [-0.4, -0.2) is 46.3 Å². The lowest BCUT2D eigenvalue weighted by Crippen LogP contribution is -2.28. The van der Waals surface area contributed by atoms with Crippen molar-refractivity contribution in [1.29, 1.82) is 0 Å². The molecule has 0 saturated carbocycles. The number of rotatable bonds is 4. The molecule has 0 spiro atoms. The Bertz CT molecular complexity index is 1080. The van der Waals surface area contributed by atoms with Crippen LogP contribution in [0.5, 0.6) is 11.5 Å². The zero-order valence-electron chi connectivity index (χ0n) is 16.0. The molecule has 5 rings (SSSR count). The Morgan fingerprint density at radius 1 is 1.13 bits per heavy atom. The van der Waals surface area contributed by atoms with Crippen molar-refractivity contribution in [3.05, 3.63) is 55.0 Å². The molecule has 2 aliphatic rings. The SMILES string of the molecule is O=C(Nc1ccc(-n2cccn2)nc1)C1CC(=O)N(c2ccc3c(c2)OCCO3)C1. The number of aromatic nitrogens is 3. The number of carbonyl (C=O) groups is 2. The van der Waals surface area contributed by atoms with Gasteiger partial charge in [0.1, 0.15) is 13.2 Å². The predicted molar refractivity (Wildman–Crippen MR) is 108 cm³/mol. The number of ether oxygens (including phenoxy) is 2. The molecular formula is C21H19N5O4. The molecule has 1 fully saturated rings. The van der Waals surface area contributed by atoms with E-state index in [1.54, 1.807) is 52.4 Å². The second-order valence-corrected chi connectivity index (χ2v) is 7.08. The van der Waals surface area contributed by atoms with Gasteiger partial charge in [0, 0.05) is 37.1 Å². The predicted octanol–water partition coefficient (Wildman–Crippen LogP) is 2.03. The number of hydrogen-bond donors (Lipinski definition) is 1. The highest BCUT2D eigenvalue weighted by Crippen LogP contribution is 2.36. The summed E-state index contributed by atoms with van der Waals surface area (Å²) < 4.78 is 12.7. The Kier molecular flexibility index (Phi) is 4.55. The highest BCUT2D eigenvalue weighted by Gasteiger charge is 2.35. The zero-order valence-corrected chi connectivity index (χ0v) is 16.0. The Balaban J connectivity index is 1.25. The summed E-state index contributed by atoms with van der Waals surface area (Å²) in [5.41, 5.74) is 1.27. The van der Waals surface area contributed by atoms with E-state index in [1.807, 2.05) is 12.1 Å². The second kappa shape index (κ2) is 7.51. The number of anilines is 2. The Labute approximate surface area is 172 Å². The van der Waals surface area contributed by atoms with Gasteiger partial charge in [0.15, 0.2) is 17.3 Å². The average Bonchev–Trinajstić information content (AvgIpc) is 3.44. The van der Waals surface area contributed by atoms with Crippen molar-refractivity contribution in [2.45, 2.75) is 6.42 Å². The van der Waals surface area contributed by atoms with E-state index in [0.29, 0.717) is 48.5 Å². The van der Waals surface area contributed by atoms with Crippen LogP contribution in [0, 0.1) is 5.92 Å². The van der Waals surface area contributed by atoms with Gasteiger partial charge in [-0.25, -0.2) is 9.67 Å². The summed E-state index contributed by atoms with van der Waals surface area (Å²) in [6.45, 7) is 1.29. The topological polar surface area (TPSA) is 98.6 Å². The molecule has 1 saturated heterocycles. The van der Waals surface area contributed by atoms with E-state index < -0.39 is 5.92 Å². The lowest BCUT2D eigenvalue weighted by atomic mass is 10.1. The molecule has 3 aromatic rings. The van der Waals surface area contributed by atoms with Crippen molar-refractivity contribution < 1.29 is 19.1 Å². The standard InChI is InChI=1S/C21H19N5O4/c27-20-10-14(13-25(20)16-3-4-17-18(11-16)30-9-8-29-17)21(28)24-15-2-5-19(22-12-15)26-7-1-6-23-26/h1-7,11-12,14H,8-10,13H2,(H,24,28). The summed E-state index contributed by atoms with van der Waals surface area (Å²) in [6, 6.07) is 10.7. The van der Waals surface area contributed by atoms with Gasteiger partial charge in [-0.15, -0.1) is 0 Å². The third kappa shape index (κ3) is 3.45. The zero-order chi connectivity index (χ0) is 20.5. The normalized spacial score (nSPS) is 17.8. The van der Waals surface area contributed by atoms with Gasteiger partial charge in [-0.3, -0.25) is 9.59 Å². The molecule has 2 aromatic heterocycles. The highest BCUT2D eigenvalue weighted by atomic mass is 16.6. The maximum absolute atomic E-state index is 12.7. The summed E-state index contributed by atoms with van der Waals surface area (Å²) in [4.78, 5) is 31.2. The molecule has 1 aromatic carbocycles. The van der Waals surface area contributed by atoms with E-state index in [0.717, 1.165) is 0 Å². The largest absolute Gasteiger partial charge is 0.486 e. The van der Waals surface area contributed by atoms with Crippen molar-refractivity contribution in [2.24, 2.45) is 5.92 Å². The van der Waals surface area contributed by atoms with Crippen LogP contribution in [0.25, 0.3) is 5.82 Å². The Morgan fingerprint density at radius 3 is 2.77 bits per heavy atom. The number of nitrogens with one attached hydrogen (secondary N) is 1. The third-order valence-electron chi connectivity index (χ3n) is 5.09. The first-order valence-electron chi connectivity index (χ1n) is 9.64. The van der Waals surface area contributed by atoms with Crippen molar-refractivity contribution >= 4 is 23.2 Å². The molecule has 9 heteroatoms. The molecule has 0 aliphatic carbocycles. The fraction of sp³-hybridized carbons (Fsp3) is 0.238. The molecule has 1 atom stereocenters. The number of benzene rings is 1. The van der Waals surface area contributed by atoms with E-state index in [9.17, 15) is 9.59 Å². The number of hydrogen-bond acceptors (Lipinski definition) is 6. The molecule has 0 radical (unpaired) electrons. The number of amides is 2. The summed E-state index contributed by atoms with van der Waals surface area (Å²) in [7, 11) is 0. The monoisotopic (exact) mass is 405 g/mol. The minimum absolute atomic E-state index is 0.0982. The fourth-order valence-corrected chi connectivity index (χ4v) is 3.58. The van der Waals surface area contributed by atoms with Crippen LogP contribution in [0.4, 0.5) is 11.4 Å². The maximum atomic E-state index is 12.7. The molecule has 4 heterocycles. The molecule has 9 nitrogen and oxygen atoms in total. The second-order valence-electron chi connectivity index (χ2n) is 7.08. The van der Waals surface area contributed by atoms with Crippen molar-refractivity contribution in [1.82, 2.24) is 14.8 Å². The molecule has 0 bridgehead atoms. The molecule has 2 aliphatic heterocycles. The van der Waals surface area contributed by atoms with Crippen molar-refractivity contribution in [3.63, 3.8) is 0 Å². The van der Waals surface area contributed by atoms with Crippen LogP contribution in [0.15, 0.2) is 55.0 Å². The van der Waals surface area contributed by atoms with Gasteiger partial charge in [0.2, 0.25) is 11.8 Å². The molecule has 30 heavy (non-hydrogen) atoms. The maximum Gasteiger partial charge on any atom is 0.229 e. The van der Waals surface area contributed by atoms with Gasteiger partial charge in [-0.2, -0.15) is 5.10 Å². The van der Waals surface area contributed by atoms with Crippen LogP contribution in [0.3, 0.4) is 0 Å².